The van der Waals surface area contributed by atoms with Crippen molar-refractivity contribution in [2.45, 2.75) is 50.5 Å². The third kappa shape index (κ3) is 3.75. The van der Waals surface area contributed by atoms with Crippen LogP contribution in [0, 0.1) is 0 Å². The quantitative estimate of drug-likeness (QED) is 0.847. The molecule has 0 bridgehead atoms. The van der Waals surface area contributed by atoms with Gasteiger partial charge in [0.05, 0.1) is 0 Å². The first-order chi connectivity index (χ1) is 10.9. The monoisotopic (exact) mass is 315 g/mol. The molecule has 23 heavy (non-hydrogen) atoms. The van der Waals surface area contributed by atoms with Gasteiger partial charge in [0, 0.05) is 29.6 Å². The first-order valence-electron chi connectivity index (χ1n) is 8.80. The lowest BCUT2D eigenvalue weighted by molar-refractivity contribution is 0.0915. The van der Waals surface area contributed by atoms with Crippen LogP contribution >= 0.6 is 0 Å². The highest BCUT2D eigenvalue weighted by atomic mass is 16.1. The maximum absolute atomic E-state index is 12.3. The number of carbonyl (C=O) groups is 1. The molecule has 1 aromatic carbocycles. The van der Waals surface area contributed by atoms with Gasteiger partial charge in [-0.05, 0) is 70.3 Å². The molecule has 4 heteroatoms. The van der Waals surface area contributed by atoms with E-state index in [2.05, 4.69) is 22.3 Å². The molecule has 0 atom stereocenters. The summed E-state index contributed by atoms with van der Waals surface area (Å²) in [6.45, 7) is 7.98. The normalized spacial score (nSPS) is 20.5. The van der Waals surface area contributed by atoms with Gasteiger partial charge in [-0.1, -0.05) is 12.1 Å². The zero-order chi connectivity index (χ0) is 16.5. The molecule has 1 aliphatic heterocycles. The Balaban J connectivity index is 1.66. The Bertz CT molecular complexity index is 554. The van der Waals surface area contributed by atoms with E-state index in [1.54, 1.807) is 0 Å². The van der Waals surface area contributed by atoms with Crippen LogP contribution in [0.4, 0.5) is 0 Å². The Morgan fingerprint density at radius 1 is 1.22 bits per heavy atom. The molecule has 1 saturated carbocycles. The molecule has 3 rings (SSSR count). The van der Waals surface area contributed by atoms with E-state index < -0.39 is 0 Å². The summed E-state index contributed by atoms with van der Waals surface area (Å²) in [5.74, 6) is -0.0450. The molecule has 126 valence electrons. The van der Waals surface area contributed by atoms with Crippen LogP contribution in [0.5, 0.6) is 0 Å². The lowest BCUT2D eigenvalue weighted by atomic mass is 9.94. The van der Waals surface area contributed by atoms with E-state index in [4.69, 9.17) is 5.73 Å². The van der Waals surface area contributed by atoms with E-state index in [1.165, 1.54) is 50.9 Å². The van der Waals surface area contributed by atoms with Gasteiger partial charge in [0.25, 0.3) is 5.91 Å². The molecule has 0 aromatic heterocycles. The summed E-state index contributed by atoms with van der Waals surface area (Å²) in [5.41, 5.74) is 7.75. The number of hydrogen-bond acceptors (Lipinski definition) is 3. The molecular weight excluding hydrogens is 286 g/mol. The highest BCUT2D eigenvalue weighted by molar-refractivity contribution is 5.94. The third-order valence-corrected chi connectivity index (χ3v) is 5.30. The van der Waals surface area contributed by atoms with Crippen molar-refractivity contribution < 1.29 is 4.79 Å². The van der Waals surface area contributed by atoms with E-state index in [1.807, 2.05) is 26.0 Å². The molecule has 2 fully saturated rings. The van der Waals surface area contributed by atoms with E-state index in [-0.39, 0.29) is 11.4 Å². The summed E-state index contributed by atoms with van der Waals surface area (Å²) in [7, 11) is 0. The number of hydrogen-bond donors (Lipinski definition) is 2. The van der Waals surface area contributed by atoms with Crippen molar-refractivity contribution in [1.82, 2.24) is 10.2 Å². The second kappa shape index (κ2) is 6.25. The first-order valence-corrected chi connectivity index (χ1v) is 8.80. The average Bonchev–Trinajstić information content (AvgIpc) is 3.13. The molecule has 1 aromatic rings. The van der Waals surface area contributed by atoms with E-state index in [0.717, 1.165) is 0 Å². The Hall–Kier alpha value is -1.39. The molecule has 2 aliphatic rings. The summed E-state index contributed by atoms with van der Waals surface area (Å²) in [6, 6.07) is 8.21. The smallest absolute Gasteiger partial charge is 0.251 e. The van der Waals surface area contributed by atoms with Gasteiger partial charge < -0.3 is 16.0 Å². The van der Waals surface area contributed by atoms with Crippen molar-refractivity contribution in [3.63, 3.8) is 0 Å². The Labute approximate surface area is 139 Å². The fourth-order valence-corrected chi connectivity index (χ4v) is 3.46. The molecule has 1 heterocycles. The lowest BCUT2D eigenvalue weighted by Crippen LogP contribution is -2.48. The van der Waals surface area contributed by atoms with Gasteiger partial charge in [0.15, 0.2) is 0 Å². The first kappa shape index (κ1) is 16.5. The molecule has 3 N–H and O–H groups in total. The fraction of sp³-hybridized carbons (Fsp3) is 0.632. The molecule has 0 radical (unpaired) electrons. The van der Waals surface area contributed by atoms with Crippen LogP contribution in [-0.4, -0.2) is 42.5 Å². The summed E-state index contributed by atoms with van der Waals surface area (Å²) in [6.07, 6.45) is 5.22. The lowest BCUT2D eigenvalue weighted by Gasteiger charge is -2.25. The number of nitrogens with zero attached hydrogens (tertiary/aromatic N) is 1. The average molecular weight is 315 g/mol. The van der Waals surface area contributed by atoms with Gasteiger partial charge in [-0.3, -0.25) is 4.79 Å². The second-order valence-electron chi connectivity index (χ2n) is 7.88. The molecule has 0 unspecified atom stereocenters. The number of benzene rings is 1. The molecule has 1 aliphatic carbocycles. The van der Waals surface area contributed by atoms with Crippen molar-refractivity contribution in [3.8, 4) is 0 Å². The molecule has 1 amide bonds. The van der Waals surface area contributed by atoms with Crippen molar-refractivity contribution in [1.29, 1.82) is 0 Å². The van der Waals surface area contributed by atoms with Crippen molar-refractivity contribution in [2.24, 2.45) is 5.73 Å². The van der Waals surface area contributed by atoms with Gasteiger partial charge in [0.1, 0.15) is 0 Å². The van der Waals surface area contributed by atoms with Crippen LogP contribution in [0.2, 0.25) is 0 Å². The number of carbonyl (C=O) groups excluding carboxylic acids is 1. The highest BCUT2D eigenvalue weighted by Crippen LogP contribution is 2.49. The minimum atomic E-state index is -0.372. The Kier molecular flexibility index (Phi) is 4.47. The van der Waals surface area contributed by atoms with Crippen molar-refractivity contribution in [2.75, 3.05) is 26.2 Å². The molecular formula is C19H29N3O. The molecule has 4 nitrogen and oxygen atoms in total. The third-order valence-electron chi connectivity index (χ3n) is 5.30. The molecule has 1 saturated heterocycles. The fourth-order valence-electron chi connectivity index (χ4n) is 3.46. The SMILES string of the molecule is CC(C)(CN)NC(=O)c1ccc(C2(CN3CCCC3)CC2)cc1. The van der Waals surface area contributed by atoms with E-state index >= 15 is 0 Å². The highest BCUT2D eigenvalue weighted by Gasteiger charge is 2.45. The second-order valence-corrected chi connectivity index (χ2v) is 7.88. The standard InChI is InChI=1S/C19H29N3O/c1-18(2,13-20)21-17(23)15-5-7-16(8-6-15)19(9-10-19)14-22-11-3-4-12-22/h5-8H,3-4,9-14,20H2,1-2H3,(H,21,23). The number of likely N-dealkylation sites (tertiary alicyclic amines) is 1. The van der Waals surface area contributed by atoms with Crippen LogP contribution < -0.4 is 11.1 Å². The Morgan fingerprint density at radius 2 is 1.83 bits per heavy atom. The van der Waals surface area contributed by atoms with E-state index in [9.17, 15) is 4.79 Å². The van der Waals surface area contributed by atoms with Crippen molar-refractivity contribution in [3.05, 3.63) is 35.4 Å². The van der Waals surface area contributed by atoms with Gasteiger partial charge in [-0.15, -0.1) is 0 Å². The van der Waals surface area contributed by atoms with Gasteiger partial charge >= 0.3 is 0 Å². The summed E-state index contributed by atoms with van der Waals surface area (Å²) in [5, 5.41) is 2.98. The van der Waals surface area contributed by atoms with Crippen molar-refractivity contribution >= 4 is 5.91 Å². The predicted octanol–water partition coefficient (Wildman–Crippen LogP) is 2.28. The molecule has 0 spiro atoms. The minimum Gasteiger partial charge on any atom is -0.346 e. The van der Waals surface area contributed by atoms with Crippen LogP contribution in [0.1, 0.15) is 55.5 Å². The van der Waals surface area contributed by atoms with Gasteiger partial charge in [-0.25, -0.2) is 0 Å². The zero-order valence-electron chi connectivity index (χ0n) is 14.4. The van der Waals surface area contributed by atoms with Crippen LogP contribution in [0.3, 0.4) is 0 Å². The maximum Gasteiger partial charge on any atom is 0.251 e. The largest absolute Gasteiger partial charge is 0.346 e. The van der Waals surface area contributed by atoms with Gasteiger partial charge in [0.2, 0.25) is 0 Å². The zero-order valence-corrected chi connectivity index (χ0v) is 14.4. The van der Waals surface area contributed by atoms with Crippen LogP contribution in [0.25, 0.3) is 0 Å². The maximum atomic E-state index is 12.3. The van der Waals surface area contributed by atoms with Crippen LogP contribution in [-0.2, 0) is 5.41 Å². The summed E-state index contributed by atoms with van der Waals surface area (Å²) >= 11 is 0. The summed E-state index contributed by atoms with van der Waals surface area (Å²) < 4.78 is 0. The van der Waals surface area contributed by atoms with Gasteiger partial charge in [-0.2, -0.15) is 0 Å². The number of rotatable bonds is 6. The number of nitrogens with one attached hydrogen (secondary N) is 1. The summed E-state index contributed by atoms with van der Waals surface area (Å²) in [4.78, 5) is 14.9. The topological polar surface area (TPSA) is 58.4 Å². The predicted molar refractivity (Wildman–Crippen MR) is 93.6 cm³/mol. The number of nitrogens with two attached hydrogens (primary N) is 1. The number of amides is 1. The van der Waals surface area contributed by atoms with E-state index in [0.29, 0.717) is 17.5 Å². The van der Waals surface area contributed by atoms with Crippen LogP contribution in [0.15, 0.2) is 24.3 Å². The Morgan fingerprint density at radius 3 is 2.35 bits per heavy atom. The minimum absolute atomic E-state index is 0.0450.